The van der Waals surface area contributed by atoms with Gasteiger partial charge < -0.3 is 9.80 Å². The largest absolute Gasteiger partial charge is 0.347 e. The lowest BCUT2D eigenvalue weighted by atomic mass is 9.81. The molecule has 1 saturated carbocycles. The Labute approximate surface area is 286 Å². The zero-order chi connectivity index (χ0) is 33.4. The van der Waals surface area contributed by atoms with Crippen LogP contribution in [0.4, 0.5) is 11.4 Å². The number of likely N-dealkylation sites (N-methyl/N-ethyl adjacent to an activating group) is 3. The molecule has 0 aromatic heterocycles. The number of hydrogen-bond acceptors (Lipinski definition) is 3. The Morgan fingerprint density at radius 2 is 1.00 bits per heavy atom. The van der Waals surface area contributed by atoms with Crippen LogP contribution in [-0.2, 0) is 10.8 Å². The Morgan fingerprint density at radius 1 is 0.562 bits per heavy atom. The van der Waals surface area contributed by atoms with Gasteiger partial charge in [0.25, 0.3) is 0 Å². The first-order valence-electron chi connectivity index (χ1n) is 17.7. The van der Waals surface area contributed by atoms with Crippen LogP contribution in [0.2, 0.25) is 0 Å². The van der Waals surface area contributed by atoms with E-state index in [0.29, 0.717) is 0 Å². The molecule has 0 amide bonds. The highest BCUT2D eigenvalue weighted by Crippen LogP contribution is 2.51. The van der Waals surface area contributed by atoms with E-state index in [2.05, 4.69) is 165 Å². The van der Waals surface area contributed by atoms with Crippen LogP contribution < -0.4 is 9.80 Å². The second-order valence-electron chi connectivity index (χ2n) is 15.4. The minimum Gasteiger partial charge on any atom is -0.347 e. The molecule has 2 fully saturated rings. The molecule has 0 unspecified atom stereocenters. The number of piperazine rings is 1. The smallest absolute Gasteiger partial charge is 0.206 e. The van der Waals surface area contributed by atoms with Crippen molar-refractivity contribution in [2.75, 3.05) is 57.1 Å². The maximum absolute atomic E-state index is 2.67. The number of nitrogens with zero attached hydrogens (tertiary/aromatic N) is 4. The number of anilines is 2. The third kappa shape index (κ3) is 4.71. The van der Waals surface area contributed by atoms with Crippen LogP contribution in [0.15, 0.2) is 120 Å². The first-order chi connectivity index (χ1) is 23.1. The highest BCUT2D eigenvalue weighted by molar-refractivity contribution is 6.12. The second-order valence-corrected chi connectivity index (χ2v) is 15.4. The van der Waals surface area contributed by atoms with E-state index in [1.807, 2.05) is 0 Å². The maximum Gasteiger partial charge on any atom is 0.206 e. The van der Waals surface area contributed by atoms with Crippen LogP contribution in [0.5, 0.6) is 0 Å². The Kier molecular flexibility index (Phi) is 7.30. The predicted molar refractivity (Wildman–Crippen MR) is 205 cm³/mol. The summed E-state index contributed by atoms with van der Waals surface area (Å²) in [5.74, 6) is 0. The molecule has 8 rings (SSSR count). The molecule has 1 saturated heterocycles. The van der Waals surface area contributed by atoms with Crippen LogP contribution >= 0.6 is 0 Å². The van der Waals surface area contributed by atoms with E-state index in [1.165, 1.54) is 72.3 Å². The number of rotatable bonds is 2. The van der Waals surface area contributed by atoms with Crippen molar-refractivity contribution < 1.29 is 4.58 Å². The molecular formula is C44H49N4+. The lowest BCUT2D eigenvalue weighted by Crippen LogP contribution is -2.42. The van der Waals surface area contributed by atoms with Crippen molar-refractivity contribution in [1.29, 1.82) is 0 Å². The second kappa shape index (κ2) is 11.3. The number of benzene rings is 4. The average Bonchev–Trinajstić information content (AvgIpc) is 3.64. The van der Waals surface area contributed by atoms with E-state index in [1.54, 1.807) is 0 Å². The molecule has 4 aliphatic rings. The van der Waals surface area contributed by atoms with Crippen LogP contribution in [0.25, 0.3) is 21.5 Å². The summed E-state index contributed by atoms with van der Waals surface area (Å²) in [6, 6.07) is 26.8. The van der Waals surface area contributed by atoms with Crippen molar-refractivity contribution in [1.82, 2.24) is 4.90 Å². The summed E-state index contributed by atoms with van der Waals surface area (Å²) >= 11 is 0. The topological polar surface area (TPSA) is 12.7 Å². The fourth-order valence-electron chi connectivity index (χ4n) is 9.22. The van der Waals surface area contributed by atoms with Gasteiger partial charge in [-0.1, -0.05) is 101 Å². The molecule has 0 radical (unpaired) electrons. The van der Waals surface area contributed by atoms with Gasteiger partial charge in [0.05, 0.1) is 13.1 Å². The third-order valence-electron chi connectivity index (χ3n) is 11.8. The molecule has 4 aromatic carbocycles. The van der Waals surface area contributed by atoms with Crippen molar-refractivity contribution in [2.24, 2.45) is 0 Å². The van der Waals surface area contributed by atoms with Crippen LogP contribution in [0.3, 0.4) is 0 Å². The van der Waals surface area contributed by atoms with Crippen molar-refractivity contribution in [2.45, 2.75) is 51.4 Å². The molecule has 4 aromatic rings. The quantitative estimate of drug-likeness (QED) is 0.205. The summed E-state index contributed by atoms with van der Waals surface area (Å²) in [5, 5.41) is 5.36. The summed E-state index contributed by atoms with van der Waals surface area (Å²) in [7, 11) is 6.73. The molecule has 244 valence electrons. The standard InChI is InChI=1S/C44H49N4/c1-43(2)38(46(6)36-22-18-30-12-8-10-14-34(30)40(36)43)24-20-32-16-17-33(42(32)48-28-26-45(5)27-29-48)21-25-39-44(3,4)41-35-15-11-9-13-31(35)19-23-37(41)47(39)7/h8-15,18-25H,16-17,26-29H2,1-7H3/q+1. The highest BCUT2D eigenvalue weighted by Gasteiger charge is 2.41. The first-order valence-corrected chi connectivity index (χ1v) is 17.7. The van der Waals surface area contributed by atoms with Gasteiger partial charge in [0.15, 0.2) is 13.1 Å². The van der Waals surface area contributed by atoms with Gasteiger partial charge >= 0.3 is 0 Å². The van der Waals surface area contributed by atoms with E-state index in [-0.39, 0.29) is 10.8 Å². The van der Waals surface area contributed by atoms with Crippen molar-refractivity contribution >= 4 is 38.6 Å². The molecular weight excluding hydrogens is 585 g/mol. The van der Waals surface area contributed by atoms with E-state index in [0.717, 1.165) is 39.0 Å². The average molecular weight is 634 g/mol. The van der Waals surface area contributed by atoms with Crippen molar-refractivity contribution in [3.63, 3.8) is 0 Å². The Morgan fingerprint density at radius 3 is 1.46 bits per heavy atom. The Hall–Kier alpha value is -4.41. The van der Waals surface area contributed by atoms with Gasteiger partial charge in [-0.05, 0) is 76.8 Å². The number of fused-ring (bicyclic) bond motifs is 6. The molecule has 3 aliphatic heterocycles. The summed E-state index contributed by atoms with van der Waals surface area (Å²) in [6.45, 7) is 13.9. The third-order valence-corrected chi connectivity index (χ3v) is 11.8. The van der Waals surface area contributed by atoms with Crippen molar-refractivity contribution in [3.05, 3.63) is 131 Å². The highest BCUT2D eigenvalue weighted by atomic mass is 15.2. The van der Waals surface area contributed by atoms with Gasteiger partial charge in [0, 0.05) is 58.8 Å². The van der Waals surface area contributed by atoms with Gasteiger partial charge in [0.1, 0.15) is 0 Å². The van der Waals surface area contributed by atoms with Crippen LogP contribution in [0.1, 0.15) is 51.7 Å². The van der Waals surface area contributed by atoms with E-state index in [9.17, 15) is 0 Å². The van der Waals surface area contributed by atoms with Crippen LogP contribution in [0, 0.1) is 0 Å². The molecule has 48 heavy (non-hydrogen) atoms. The molecule has 1 aliphatic carbocycles. The van der Waals surface area contributed by atoms with Gasteiger partial charge in [0.2, 0.25) is 5.71 Å². The fraction of sp³-hybridized carbons (Fsp3) is 0.341. The minimum atomic E-state index is -0.0878. The monoisotopic (exact) mass is 633 g/mol. The summed E-state index contributed by atoms with van der Waals surface area (Å²) < 4.78 is 2.67. The molecule has 3 heterocycles. The first kappa shape index (κ1) is 30.9. The summed E-state index contributed by atoms with van der Waals surface area (Å²) in [4.78, 5) is 7.30. The van der Waals surface area contributed by atoms with Gasteiger partial charge in [-0.15, -0.1) is 0 Å². The Balaban J connectivity index is 1.19. The molecule has 0 atom stereocenters. The molecule has 0 spiro atoms. The van der Waals surface area contributed by atoms with Gasteiger partial charge in [-0.2, -0.15) is 0 Å². The minimum absolute atomic E-state index is 0.0878. The molecule has 0 N–H and O–H groups in total. The predicted octanol–water partition coefficient (Wildman–Crippen LogP) is 8.96. The summed E-state index contributed by atoms with van der Waals surface area (Å²) in [6.07, 6.45) is 11.9. The number of hydrogen-bond donors (Lipinski definition) is 0. The lowest BCUT2D eigenvalue weighted by Gasteiger charge is -2.24. The van der Waals surface area contributed by atoms with Crippen molar-refractivity contribution in [3.8, 4) is 0 Å². The zero-order valence-corrected chi connectivity index (χ0v) is 29.8. The summed E-state index contributed by atoms with van der Waals surface area (Å²) in [5.41, 5.74) is 12.5. The fourth-order valence-corrected chi connectivity index (χ4v) is 9.22. The molecule has 0 bridgehead atoms. The van der Waals surface area contributed by atoms with Gasteiger partial charge in [-0.25, -0.2) is 4.58 Å². The van der Waals surface area contributed by atoms with E-state index >= 15 is 0 Å². The lowest BCUT2D eigenvalue weighted by molar-refractivity contribution is -0.538. The van der Waals surface area contributed by atoms with E-state index < -0.39 is 0 Å². The molecule has 4 heteroatoms. The normalized spacial score (nSPS) is 23.9. The van der Waals surface area contributed by atoms with Crippen LogP contribution in [-0.4, -0.2) is 62.5 Å². The van der Waals surface area contributed by atoms with E-state index in [4.69, 9.17) is 0 Å². The number of allylic oxidation sites excluding steroid dienone is 8. The Bertz CT molecular complexity index is 1990. The van der Waals surface area contributed by atoms with Gasteiger partial charge in [-0.3, -0.25) is 4.90 Å². The maximum atomic E-state index is 2.67. The SMILES string of the molecule is CN1CC[N+](=C2C(=CC=C3N(C)c4ccc5ccccc5c4C3(C)C)CC/C2=C\C=C2\N(C)c3ccc4ccccc4c3C2(C)C)CC1. The zero-order valence-electron chi connectivity index (χ0n) is 29.8. The molecule has 4 nitrogen and oxygen atoms in total.